The van der Waals surface area contributed by atoms with Crippen LogP contribution in [-0.4, -0.2) is 40.0 Å². The third kappa shape index (κ3) is 5.03. The van der Waals surface area contributed by atoms with Gasteiger partial charge in [-0.15, -0.1) is 0 Å². The molecule has 0 aliphatic heterocycles. The van der Waals surface area contributed by atoms with Crippen molar-refractivity contribution >= 4 is 34.0 Å². The van der Waals surface area contributed by atoms with Crippen LogP contribution in [0.25, 0.3) is 0 Å². The summed E-state index contributed by atoms with van der Waals surface area (Å²) in [4.78, 5) is 1.85. The van der Waals surface area contributed by atoms with Crippen molar-refractivity contribution in [3.8, 4) is 0 Å². The summed E-state index contributed by atoms with van der Waals surface area (Å²) in [5.41, 5.74) is 0.680. The fourth-order valence-corrected chi connectivity index (χ4v) is 1.15. The fourth-order valence-electron chi connectivity index (χ4n) is 0.324. The van der Waals surface area contributed by atoms with E-state index in [4.69, 9.17) is 17.4 Å². The summed E-state index contributed by atoms with van der Waals surface area (Å²) in [5.74, 6) is 0.646. The normalized spacial score (nSPS) is 11.4. The molecule has 0 aromatic rings. The first-order valence-corrected chi connectivity index (χ1v) is 4.49. The summed E-state index contributed by atoms with van der Waals surface area (Å²) in [6.07, 6.45) is 0. The second kappa shape index (κ2) is 5.37. The lowest BCUT2D eigenvalue weighted by Crippen LogP contribution is -2.17. The van der Waals surface area contributed by atoms with E-state index in [9.17, 15) is 0 Å². The maximum Gasteiger partial charge on any atom is 0.136 e. The predicted octanol–water partition coefficient (Wildman–Crippen LogP) is 1.42. The topological polar surface area (TPSA) is 35.8 Å². The Morgan fingerprint density at radius 1 is 1.64 bits per heavy atom. The molecule has 0 spiro atoms. The number of nitrogens with zero attached hydrogens (tertiary/aromatic N) is 2. The largest absolute Gasteiger partial charge is 0.411 e. The summed E-state index contributed by atoms with van der Waals surface area (Å²) in [6, 6.07) is 0. The van der Waals surface area contributed by atoms with Gasteiger partial charge in [0, 0.05) is 19.8 Å². The fraction of sp³-hybridized carbons (Fsp3) is 0.667. The van der Waals surface area contributed by atoms with E-state index < -0.39 is 0 Å². The monoisotopic (exact) mass is 192 g/mol. The van der Waals surface area contributed by atoms with Crippen LogP contribution in [0.2, 0.25) is 0 Å². The SMILES string of the molecule is CC(CSC(=S)N(C)C)=NO. The number of thioether (sulfide) groups is 1. The highest BCUT2D eigenvalue weighted by molar-refractivity contribution is 8.23. The lowest BCUT2D eigenvalue weighted by atomic mass is 10.5. The highest BCUT2D eigenvalue weighted by Gasteiger charge is 2.00. The van der Waals surface area contributed by atoms with E-state index in [-0.39, 0.29) is 0 Å². The third-order valence-electron chi connectivity index (χ3n) is 0.940. The van der Waals surface area contributed by atoms with Gasteiger partial charge >= 0.3 is 0 Å². The number of rotatable bonds is 2. The lowest BCUT2D eigenvalue weighted by Gasteiger charge is -2.11. The van der Waals surface area contributed by atoms with Crippen LogP contribution in [0.15, 0.2) is 5.16 Å². The van der Waals surface area contributed by atoms with Crippen molar-refractivity contribution in [3.63, 3.8) is 0 Å². The Morgan fingerprint density at radius 2 is 2.18 bits per heavy atom. The predicted molar refractivity (Wildman–Crippen MR) is 53.6 cm³/mol. The molecule has 0 bridgehead atoms. The van der Waals surface area contributed by atoms with Crippen LogP contribution in [0.3, 0.4) is 0 Å². The zero-order valence-electron chi connectivity index (χ0n) is 6.87. The van der Waals surface area contributed by atoms with Gasteiger partial charge in [0.05, 0.1) is 5.71 Å². The minimum Gasteiger partial charge on any atom is -0.411 e. The smallest absolute Gasteiger partial charge is 0.136 e. The number of oxime groups is 1. The van der Waals surface area contributed by atoms with Gasteiger partial charge in [0.1, 0.15) is 4.32 Å². The first-order valence-electron chi connectivity index (χ1n) is 3.09. The van der Waals surface area contributed by atoms with E-state index in [1.54, 1.807) is 6.92 Å². The van der Waals surface area contributed by atoms with Gasteiger partial charge in [-0.1, -0.05) is 29.1 Å². The Labute approximate surface area is 76.4 Å². The highest BCUT2D eigenvalue weighted by Crippen LogP contribution is 2.06. The number of hydrogen-bond donors (Lipinski definition) is 1. The van der Waals surface area contributed by atoms with Gasteiger partial charge in [0.2, 0.25) is 0 Å². The molecule has 0 aromatic carbocycles. The van der Waals surface area contributed by atoms with E-state index in [2.05, 4.69) is 5.16 Å². The molecule has 64 valence electrons. The van der Waals surface area contributed by atoms with Crippen molar-refractivity contribution in [3.05, 3.63) is 0 Å². The number of thiocarbonyl (C=S) groups is 1. The second-order valence-electron chi connectivity index (χ2n) is 2.28. The van der Waals surface area contributed by atoms with Crippen LogP contribution in [0.5, 0.6) is 0 Å². The highest BCUT2D eigenvalue weighted by atomic mass is 32.2. The van der Waals surface area contributed by atoms with Gasteiger partial charge < -0.3 is 10.1 Å². The van der Waals surface area contributed by atoms with Crippen LogP contribution in [0.1, 0.15) is 6.92 Å². The van der Waals surface area contributed by atoms with Gasteiger partial charge in [-0.3, -0.25) is 0 Å². The molecule has 0 unspecified atom stereocenters. The van der Waals surface area contributed by atoms with Crippen molar-refractivity contribution in [2.75, 3.05) is 19.8 Å². The first kappa shape index (κ1) is 10.7. The molecule has 0 heterocycles. The quantitative estimate of drug-likeness (QED) is 0.311. The molecule has 0 aliphatic rings. The van der Waals surface area contributed by atoms with Gasteiger partial charge in [0.25, 0.3) is 0 Å². The van der Waals surface area contributed by atoms with Gasteiger partial charge in [0.15, 0.2) is 0 Å². The van der Waals surface area contributed by atoms with E-state index >= 15 is 0 Å². The molecular weight excluding hydrogens is 180 g/mol. The lowest BCUT2D eigenvalue weighted by molar-refractivity contribution is 0.318. The summed E-state index contributed by atoms with van der Waals surface area (Å²) in [5, 5.41) is 11.3. The Morgan fingerprint density at radius 3 is 2.55 bits per heavy atom. The van der Waals surface area contributed by atoms with Crippen molar-refractivity contribution in [2.45, 2.75) is 6.92 Å². The van der Waals surface area contributed by atoms with Crippen molar-refractivity contribution < 1.29 is 5.21 Å². The van der Waals surface area contributed by atoms with Gasteiger partial charge in [-0.25, -0.2) is 0 Å². The van der Waals surface area contributed by atoms with E-state index in [1.807, 2.05) is 19.0 Å². The molecule has 3 nitrogen and oxygen atoms in total. The minimum absolute atomic E-state index is 0.646. The van der Waals surface area contributed by atoms with Crippen molar-refractivity contribution in [1.29, 1.82) is 0 Å². The molecule has 0 aromatic heterocycles. The second-order valence-corrected chi connectivity index (χ2v) is 3.89. The Balaban J connectivity index is 3.63. The van der Waals surface area contributed by atoms with E-state index in [1.165, 1.54) is 11.8 Å². The molecule has 0 saturated carbocycles. The molecule has 1 N–H and O–H groups in total. The zero-order chi connectivity index (χ0) is 8.85. The van der Waals surface area contributed by atoms with Crippen LogP contribution < -0.4 is 0 Å². The zero-order valence-corrected chi connectivity index (χ0v) is 8.50. The van der Waals surface area contributed by atoms with Crippen LogP contribution in [-0.2, 0) is 0 Å². The average Bonchev–Trinajstić information content (AvgIpc) is 1.99. The van der Waals surface area contributed by atoms with Crippen LogP contribution in [0.4, 0.5) is 0 Å². The summed E-state index contributed by atoms with van der Waals surface area (Å²) in [7, 11) is 3.78. The Kier molecular flexibility index (Phi) is 5.23. The van der Waals surface area contributed by atoms with Gasteiger partial charge in [-0.05, 0) is 6.92 Å². The first-order chi connectivity index (χ1) is 5.07. The molecule has 5 heteroatoms. The summed E-state index contributed by atoms with van der Waals surface area (Å²) >= 11 is 6.48. The standard InChI is InChI=1S/C6H12N2OS2/c1-5(7-9)4-11-6(10)8(2)3/h9H,4H2,1-3H3. The van der Waals surface area contributed by atoms with Gasteiger partial charge in [-0.2, -0.15) is 0 Å². The van der Waals surface area contributed by atoms with Crippen molar-refractivity contribution in [1.82, 2.24) is 4.90 Å². The Bertz CT molecular complexity index is 168. The molecule has 0 amide bonds. The van der Waals surface area contributed by atoms with Crippen molar-refractivity contribution in [2.24, 2.45) is 5.16 Å². The van der Waals surface area contributed by atoms with E-state index in [0.29, 0.717) is 11.5 Å². The molecule has 0 rings (SSSR count). The summed E-state index contributed by atoms with van der Waals surface area (Å²) in [6.45, 7) is 1.76. The maximum atomic E-state index is 8.30. The average molecular weight is 192 g/mol. The third-order valence-corrected chi connectivity index (χ3v) is 2.83. The maximum absolute atomic E-state index is 8.30. The number of hydrogen-bond acceptors (Lipinski definition) is 4. The molecular formula is C6H12N2OS2. The summed E-state index contributed by atoms with van der Waals surface area (Å²) < 4.78 is 0.799. The van der Waals surface area contributed by atoms with Crippen LogP contribution >= 0.6 is 24.0 Å². The molecule has 0 aliphatic carbocycles. The molecule has 0 fully saturated rings. The molecule has 11 heavy (non-hydrogen) atoms. The Hall–Kier alpha value is -0.290. The molecule has 0 saturated heterocycles. The molecule has 0 atom stereocenters. The van der Waals surface area contributed by atoms with Crippen LogP contribution in [0, 0.1) is 0 Å². The molecule has 0 radical (unpaired) electrons. The van der Waals surface area contributed by atoms with E-state index in [0.717, 1.165) is 4.32 Å². The minimum atomic E-state index is 0.646.